The number of carbonyl (C=O) groups excluding carboxylic acids is 1. The molecular formula is C9H8BrClFNO. The van der Waals surface area contributed by atoms with Crippen molar-refractivity contribution in [2.75, 3.05) is 10.6 Å². The molecule has 0 fully saturated rings. The van der Waals surface area contributed by atoms with Crippen molar-refractivity contribution < 1.29 is 9.18 Å². The summed E-state index contributed by atoms with van der Waals surface area (Å²) in [7, 11) is 0. The van der Waals surface area contributed by atoms with Gasteiger partial charge < -0.3 is 5.32 Å². The minimum atomic E-state index is -0.600. The lowest BCUT2D eigenvalue weighted by molar-refractivity contribution is -0.115. The maximum Gasteiger partial charge on any atom is 0.225 e. The number of hydrogen-bond acceptors (Lipinski definition) is 1. The Labute approximate surface area is 94.6 Å². The third kappa shape index (κ3) is 2.96. The predicted octanol–water partition coefficient (Wildman–Crippen LogP) is 3.20. The maximum atomic E-state index is 13.2. The van der Waals surface area contributed by atoms with Gasteiger partial charge in [0.05, 0.1) is 10.7 Å². The van der Waals surface area contributed by atoms with Crippen LogP contribution >= 0.6 is 27.5 Å². The van der Waals surface area contributed by atoms with Gasteiger partial charge >= 0.3 is 0 Å². The van der Waals surface area contributed by atoms with Crippen LogP contribution in [-0.4, -0.2) is 11.2 Å². The highest BCUT2D eigenvalue weighted by atomic mass is 79.9. The molecule has 0 bridgehead atoms. The van der Waals surface area contributed by atoms with Crippen molar-refractivity contribution in [3.05, 3.63) is 29.0 Å². The molecule has 0 heterocycles. The second kappa shape index (κ2) is 5.32. The minimum absolute atomic E-state index is 0.00152. The Kier molecular flexibility index (Phi) is 4.35. The Morgan fingerprint density at radius 1 is 1.57 bits per heavy atom. The van der Waals surface area contributed by atoms with E-state index in [0.29, 0.717) is 11.8 Å². The monoisotopic (exact) mass is 279 g/mol. The third-order valence-electron chi connectivity index (χ3n) is 1.55. The summed E-state index contributed by atoms with van der Waals surface area (Å²) < 4.78 is 13.2. The van der Waals surface area contributed by atoms with Gasteiger partial charge in [0.25, 0.3) is 0 Å². The van der Waals surface area contributed by atoms with E-state index in [1.165, 1.54) is 12.1 Å². The number of carbonyl (C=O) groups is 1. The largest absolute Gasteiger partial charge is 0.324 e. The van der Waals surface area contributed by atoms with Crippen molar-refractivity contribution in [3.63, 3.8) is 0 Å². The minimum Gasteiger partial charge on any atom is -0.324 e. The molecule has 0 atom stereocenters. The second-order valence-electron chi connectivity index (χ2n) is 2.59. The Hall–Kier alpha value is -0.610. The van der Waals surface area contributed by atoms with E-state index >= 15 is 0 Å². The van der Waals surface area contributed by atoms with Gasteiger partial charge in [-0.3, -0.25) is 4.79 Å². The number of nitrogens with one attached hydrogen (secondary N) is 1. The van der Waals surface area contributed by atoms with Gasteiger partial charge in [0, 0.05) is 11.8 Å². The van der Waals surface area contributed by atoms with E-state index < -0.39 is 5.82 Å². The van der Waals surface area contributed by atoms with E-state index in [9.17, 15) is 9.18 Å². The number of alkyl halides is 1. The fourth-order valence-corrected chi connectivity index (χ4v) is 1.43. The van der Waals surface area contributed by atoms with Crippen LogP contribution in [0.4, 0.5) is 10.1 Å². The number of amides is 1. The van der Waals surface area contributed by atoms with Crippen LogP contribution in [0.3, 0.4) is 0 Å². The Balaban J connectivity index is 2.76. The fourth-order valence-electron chi connectivity index (χ4n) is 0.899. The Morgan fingerprint density at radius 2 is 2.29 bits per heavy atom. The topological polar surface area (TPSA) is 29.1 Å². The summed E-state index contributed by atoms with van der Waals surface area (Å²) in [5, 5.41) is 2.97. The lowest BCUT2D eigenvalue weighted by Gasteiger charge is -2.05. The molecule has 0 radical (unpaired) electrons. The van der Waals surface area contributed by atoms with Crippen LogP contribution in [0.1, 0.15) is 6.42 Å². The normalized spacial score (nSPS) is 9.93. The highest BCUT2D eigenvalue weighted by molar-refractivity contribution is 9.09. The molecule has 0 aliphatic heterocycles. The lowest BCUT2D eigenvalue weighted by atomic mass is 10.3. The smallest absolute Gasteiger partial charge is 0.225 e. The van der Waals surface area contributed by atoms with Crippen molar-refractivity contribution in [1.82, 2.24) is 0 Å². The second-order valence-corrected chi connectivity index (χ2v) is 3.79. The first-order valence-electron chi connectivity index (χ1n) is 3.95. The van der Waals surface area contributed by atoms with E-state index in [-0.39, 0.29) is 16.6 Å². The predicted molar refractivity (Wildman–Crippen MR) is 58.5 cm³/mol. The van der Waals surface area contributed by atoms with Crippen molar-refractivity contribution in [2.45, 2.75) is 6.42 Å². The van der Waals surface area contributed by atoms with Crippen molar-refractivity contribution in [1.29, 1.82) is 0 Å². The first kappa shape index (κ1) is 11.5. The van der Waals surface area contributed by atoms with Gasteiger partial charge in [-0.25, -0.2) is 4.39 Å². The van der Waals surface area contributed by atoms with Gasteiger partial charge in [0.2, 0.25) is 5.91 Å². The summed E-state index contributed by atoms with van der Waals surface area (Å²) in [6.07, 6.45) is 0.298. The van der Waals surface area contributed by atoms with Crippen LogP contribution in [0.15, 0.2) is 18.2 Å². The molecule has 0 aliphatic rings. The standard InChI is InChI=1S/C9H8BrClFNO/c10-5-4-8(14)13-7-3-1-2-6(11)9(7)12/h1-3H,4-5H2,(H,13,14). The van der Waals surface area contributed by atoms with Gasteiger partial charge in [-0.15, -0.1) is 0 Å². The van der Waals surface area contributed by atoms with E-state index in [0.717, 1.165) is 0 Å². The Morgan fingerprint density at radius 3 is 2.93 bits per heavy atom. The molecule has 1 rings (SSSR count). The van der Waals surface area contributed by atoms with Gasteiger partial charge in [-0.2, -0.15) is 0 Å². The fraction of sp³-hybridized carbons (Fsp3) is 0.222. The summed E-state index contributed by atoms with van der Waals surface area (Å²) in [6, 6.07) is 4.47. The van der Waals surface area contributed by atoms with Crippen molar-refractivity contribution in [3.8, 4) is 0 Å². The molecule has 5 heteroatoms. The van der Waals surface area contributed by atoms with Crippen molar-refractivity contribution >= 4 is 39.1 Å². The zero-order valence-electron chi connectivity index (χ0n) is 7.19. The maximum absolute atomic E-state index is 13.2. The molecule has 2 nitrogen and oxygen atoms in total. The van der Waals surface area contributed by atoms with Gasteiger partial charge in [-0.1, -0.05) is 33.6 Å². The summed E-state index contributed by atoms with van der Waals surface area (Å²) in [5.41, 5.74) is 0.114. The molecule has 14 heavy (non-hydrogen) atoms. The highest BCUT2D eigenvalue weighted by Gasteiger charge is 2.08. The van der Waals surface area contributed by atoms with Crippen LogP contribution in [0.5, 0.6) is 0 Å². The van der Waals surface area contributed by atoms with Crippen LogP contribution in [0.2, 0.25) is 5.02 Å². The number of benzene rings is 1. The average Bonchev–Trinajstić information content (AvgIpc) is 2.13. The van der Waals surface area contributed by atoms with E-state index in [1.54, 1.807) is 6.07 Å². The molecule has 0 saturated heterocycles. The average molecular weight is 281 g/mol. The molecular weight excluding hydrogens is 272 g/mol. The molecule has 0 aromatic heterocycles. The zero-order valence-corrected chi connectivity index (χ0v) is 9.53. The molecule has 76 valence electrons. The molecule has 0 unspecified atom stereocenters. The molecule has 0 aliphatic carbocycles. The molecule has 1 aromatic rings. The van der Waals surface area contributed by atoms with Crippen LogP contribution < -0.4 is 5.32 Å². The molecule has 1 amide bonds. The van der Waals surface area contributed by atoms with Crippen LogP contribution in [-0.2, 0) is 4.79 Å². The summed E-state index contributed by atoms with van der Waals surface area (Å²) in [4.78, 5) is 11.1. The molecule has 1 N–H and O–H groups in total. The quantitative estimate of drug-likeness (QED) is 0.847. The highest BCUT2D eigenvalue weighted by Crippen LogP contribution is 2.21. The Bertz CT molecular complexity index is 346. The van der Waals surface area contributed by atoms with E-state index in [4.69, 9.17) is 11.6 Å². The first-order chi connectivity index (χ1) is 6.65. The van der Waals surface area contributed by atoms with Crippen LogP contribution in [0, 0.1) is 5.82 Å². The molecule has 0 spiro atoms. The number of hydrogen-bond donors (Lipinski definition) is 1. The third-order valence-corrected chi connectivity index (χ3v) is 2.24. The summed E-state index contributed by atoms with van der Waals surface area (Å²) >= 11 is 8.65. The van der Waals surface area contributed by atoms with E-state index in [2.05, 4.69) is 21.2 Å². The number of halogens is 3. The van der Waals surface area contributed by atoms with Gasteiger partial charge in [0.1, 0.15) is 0 Å². The molecule has 1 aromatic carbocycles. The van der Waals surface area contributed by atoms with Crippen molar-refractivity contribution in [2.24, 2.45) is 0 Å². The SMILES string of the molecule is O=C(CCBr)Nc1cccc(Cl)c1F. The van der Waals surface area contributed by atoms with Gasteiger partial charge in [-0.05, 0) is 12.1 Å². The number of rotatable bonds is 3. The first-order valence-corrected chi connectivity index (χ1v) is 5.45. The molecule has 0 saturated carbocycles. The van der Waals surface area contributed by atoms with Crippen LogP contribution in [0.25, 0.3) is 0 Å². The van der Waals surface area contributed by atoms with Gasteiger partial charge in [0.15, 0.2) is 5.82 Å². The van der Waals surface area contributed by atoms with E-state index in [1.807, 2.05) is 0 Å². The number of anilines is 1. The summed E-state index contributed by atoms with van der Waals surface area (Å²) in [6.45, 7) is 0. The summed E-state index contributed by atoms with van der Waals surface area (Å²) in [5.74, 6) is -0.847. The zero-order chi connectivity index (χ0) is 10.6. The lowest BCUT2D eigenvalue weighted by Crippen LogP contribution is -2.12.